The Hall–Kier alpha value is -9.32. The molecule has 14 rings (SSSR count). The molecule has 5 aromatic carbocycles. The number of para-hydroxylation sites is 2. The van der Waals surface area contributed by atoms with E-state index in [0.717, 1.165) is 130 Å². The van der Waals surface area contributed by atoms with Gasteiger partial charge in [-0.3, -0.25) is 38.8 Å². The number of ether oxygens (including phenoxy) is 5. The van der Waals surface area contributed by atoms with Crippen LogP contribution in [0.4, 0.5) is 0 Å². The first-order valence-corrected chi connectivity index (χ1v) is 53.8. The number of fused-ring (bicyclic) bond motifs is 1. The number of benzene rings is 5. The van der Waals surface area contributed by atoms with Crippen molar-refractivity contribution in [2.24, 2.45) is 5.92 Å². The molecular weight excluding hydrogens is 1890 g/mol. The molecular formula is C103H149Cl2N15O13S5. The summed E-state index contributed by atoms with van der Waals surface area (Å²) in [5.41, 5.74) is 15.6. The molecule has 9 heterocycles. The van der Waals surface area contributed by atoms with E-state index in [1.54, 1.807) is 116 Å². The predicted octanol–water partition coefficient (Wildman–Crippen LogP) is 19.6. The molecule has 0 spiro atoms. The summed E-state index contributed by atoms with van der Waals surface area (Å²) in [6, 6.07) is 47.8. The number of carbonyl (C=O) groups is 8. The number of esters is 5. The number of likely N-dealkylation sites (tertiary alicyclic amines) is 3. The number of aryl methyl sites for hydroxylation is 1. The van der Waals surface area contributed by atoms with Gasteiger partial charge in [0.15, 0.2) is 4.34 Å². The highest BCUT2D eigenvalue weighted by Gasteiger charge is 2.26. The lowest BCUT2D eigenvalue weighted by Gasteiger charge is -2.34. The van der Waals surface area contributed by atoms with Gasteiger partial charge in [-0.05, 0) is 249 Å². The van der Waals surface area contributed by atoms with Gasteiger partial charge in [0.25, 0.3) is 6.21 Å². The van der Waals surface area contributed by atoms with Crippen LogP contribution in [0.5, 0.6) is 0 Å². The van der Waals surface area contributed by atoms with Crippen molar-refractivity contribution in [2.75, 3.05) is 176 Å². The highest BCUT2D eigenvalue weighted by atomic mass is 35.5. The summed E-state index contributed by atoms with van der Waals surface area (Å²) in [4.78, 5) is 115. The number of halogens is 2. The SMILES string of the molecule is CC=[N+]=[N-].CCN1CCC(Cc2ccccc2)CC1.CCN1CCN(CC(=O)N2CCCC2)CC1.CCN1CCN(CC(=O)N2CCCC2)CC1.CCOC(=O)CCCC(C)=O.CCOC(=O)Cc1ccsc1.CCOC(=O)c1c(Cl)cccc1Cl.CCOC(=O)c1ccncc1.CCOC(C)=O.CCSCc1ccc(C)cc1.CSc1nc2ccccc2s1.CSc1nnnn1-c1ccccc1. The van der Waals surface area contributed by atoms with Crippen LogP contribution in [-0.2, 0) is 71.0 Å². The second-order valence-electron chi connectivity index (χ2n) is 31.4. The lowest BCUT2D eigenvalue weighted by molar-refractivity contribution is -0.143. The van der Waals surface area contributed by atoms with E-state index in [0.29, 0.717) is 99.2 Å². The van der Waals surface area contributed by atoms with Crippen LogP contribution in [-0.4, -0.2) is 299 Å². The van der Waals surface area contributed by atoms with Gasteiger partial charge in [-0.2, -0.15) is 32.6 Å². The third kappa shape index (κ3) is 55.0. The van der Waals surface area contributed by atoms with Crippen LogP contribution in [0.1, 0.15) is 184 Å². The standard InChI is InChI=1S/C14H21N.2C12H23N3O.C10H14S.C9H8Cl2O2.C8H8N4S.C8H9NO2.C8H7NS2.C8H14O3.C8H10O2S.C4H8O2.C2H4N2/c1-2-15-10-8-14(9-11-15)12-13-6-4-3-5-7-13;2*1-2-13-7-9-14(10-8-13)11-12(16)15-5-3-4-6-15;1-3-11-8-10-6-4-9(2)5-7-10;1-2-13-9(12)8-6(10)4-3-5-7(8)11;1-13-8-9-10-11-12(8)7-5-3-2-4-6-7;1-2-11-8(10)7-3-5-9-6-4-7;1-10-8-9-6-4-2-3-5-7(6)11-8;1-3-11-8(10)6-4-5-7(2)9;1-2-10-8(9)5-7-3-4-11-6-7;1-3-6-4(2)5;1-2-4-3/h3-7,14H,2,8-12H2,1H3;2*2-11H2,1H3;4-7H,3,8H2,1-2H3;3-5H,2H2,1H3;2-6H,1H3;3-6H,2H2,1H3;2-5H,1H3;3-6H2,1-2H3;3-4,6H,2,5H2,1H3;3H2,1-2H3;2H,1H3. The van der Waals surface area contributed by atoms with Gasteiger partial charge in [0, 0.05) is 123 Å². The number of ketones is 1. The number of thioether (sulfide) groups is 3. The van der Waals surface area contributed by atoms with E-state index in [1.165, 1.54) is 124 Å². The van der Waals surface area contributed by atoms with Gasteiger partial charge in [-0.25, -0.2) is 14.6 Å². The van der Waals surface area contributed by atoms with Crippen LogP contribution in [0, 0.1) is 12.8 Å². The molecule has 0 atom stereocenters. The minimum absolute atomic E-state index is 0.120. The van der Waals surface area contributed by atoms with E-state index < -0.39 is 5.97 Å². The molecule has 9 aromatic rings. The summed E-state index contributed by atoms with van der Waals surface area (Å²) < 4.78 is 27.5. The number of hydrogen-bond donors (Lipinski definition) is 0. The molecule has 5 aliphatic rings. The first-order valence-electron chi connectivity index (χ1n) is 47.7. The van der Waals surface area contributed by atoms with Crippen molar-refractivity contribution in [1.29, 1.82) is 0 Å². The quantitative estimate of drug-likeness (QED) is 0.0110. The molecule has 138 heavy (non-hydrogen) atoms. The zero-order chi connectivity index (χ0) is 101. The number of piperidine rings is 1. The third-order valence-electron chi connectivity index (χ3n) is 21.2. The second-order valence-corrected chi connectivity index (χ2v) is 37.1. The van der Waals surface area contributed by atoms with Gasteiger partial charge in [-0.1, -0.05) is 171 Å². The fourth-order valence-corrected chi connectivity index (χ4v) is 17.4. The molecule has 4 aromatic heterocycles. The summed E-state index contributed by atoms with van der Waals surface area (Å²) in [5.74, 6) is 2.70. The summed E-state index contributed by atoms with van der Waals surface area (Å²) in [7, 11) is 0. The number of aromatic nitrogens is 6. The number of thiazole rings is 1. The summed E-state index contributed by atoms with van der Waals surface area (Å²) in [6.07, 6.45) is 19.1. The number of Topliss-reactive ketones (excluding diaryl/α,β-unsaturated/α-hetero) is 1. The Morgan fingerprint density at radius 1 is 0.529 bits per heavy atom. The number of amides is 2. The van der Waals surface area contributed by atoms with E-state index in [-0.39, 0.29) is 35.2 Å². The van der Waals surface area contributed by atoms with Crippen LogP contribution in [0.15, 0.2) is 178 Å². The maximum atomic E-state index is 11.9. The van der Waals surface area contributed by atoms with Crippen LogP contribution in [0.3, 0.4) is 0 Å². The Morgan fingerprint density at radius 3 is 1.48 bits per heavy atom. The van der Waals surface area contributed by atoms with E-state index in [4.69, 9.17) is 42.9 Å². The lowest BCUT2D eigenvalue weighted by atomic mass is 9.90. The number of hydrogen-bond acceptors (Lipinski definition) is 28. The van der Waals surface area contributed by atoms with Crippen LogP contribution < -0.4 is 0 Å². The molecule has 5 aliphatic heterocycles. The number of tetrazole rings is 1. The molecule has 0 unspecified atom stereocenters. The zero-order valence-electron chi connectivity index (χ0n) is 83.8. The number of rotatable bonds is 28. The highest BCUT2D eigenvalue weighted by Crippen LogP contribution is 2.29. The number of thiophene rings is 1. The molecule has 2 amide bonds. The van der Waals surface area contributed by atoms with E-state index in [1.807, 2.05) is 100 Å². The number of carbonyl (C=O) groups excluding carboxylic acids is 8. The molecule has 0 bridgehead atoms. The summed E-state index contributed by atoms with van der Waals surface area (Å²) >= 11 is 20.1. The molecule has 0 aliphatic carbocycles. The molecule has 0 saturated carbocycles. The van der Waals surface area contributed by atoms with Crippen LogP contribution in [0.2, 0.25) is 10.0 Å². The number of likely N-dealkylation sites (N-methyl/N-ethyl adjacent to an activating group) is 2. The Morgan fingerprint density at radius 2 is 1.02 bits per heavy atom. The Balaban J connectivity index is 0.000000391. The van der Waals surface area contributed by atoms with Crippen LogP contribution in [0.25, 0.3) is 21.4 Å². The van der Waals surface area contributed by atoms with Gasteiger partial charge < -0.3 is 58.5 Å². The van der Waals surface area contributed by atoms with Gasteiger partial charge >= 0.3 is 29.8 Å². The average Bonchev–Trinajstić information content (AvgIpc) is 1.83. The van der Waals surface area contributed by atoms with Crippen molar-refractivity contribution < 1.29 is 66.8 Å². The van der Waals surface area contributed by atoms with E-state index >= 15 is 0 Å². The Kier molecular flexibility index (Phi) is 68.9. The summed E-state index contributed by atoms with van der Waals surface area (Å²) in [6.45, 7) is 46.4. The van der Waals surface area contributed by atoms with Crippen molar-refractivity contribution in [3.8, 4) is 5.69 Å². The molecule has 758 valence electrons. The second kappa shape index (κ2) is 77.4. The lowest BCUT2D eigenvalue weighted by Crippen LogP contribution is -2.49. The normalized spacial score (nSPS) is 13.9. The smallest absolute Gasteiger partial charge is 0.341 e. The van der Waals surface area contributed by atoms with Crippen molar-refractivity contribution in [1.82, 2.24) is 64.5 Å². The Bertz CT molecular complexity index is 4700. The number of pyridine rings is 1. The number of nitrogens with zero attached hydrogens (tertiary/aromatic N) is 15. The molecule has 28 nitrogen and oxygen atoms in total. The molecule has 5 saturated heterocycles. The van der Waals surface area contributed by atoms with Crippen molar-refractivity contribution in [3.63, 3.8) is 0 Å². The largest absolute Gasteiger partial charge is 0.466 e. The fraction of sp³-hybridized carbons (Fsp3) is 0.515. The van der Waals surface area contributed by atoms with Crippen molar-refractivity contribution >= 4 is 145 Å². The average molecular weight is 2040 g/mol. The highest BCUT2D eigenvalue weighted by molar-refractivity contribution is 8.00. The zero-order valence-corrected chi connectivity index (χ0v) is 89.4. The van der Waals surface area contributed by atoms with Gasteiger partial charge in [0.05, 0.1) is 89.6 Å². The molecule has 35 heteroatoms. The number of piperazine rings is 2. The molecule has 0 N–H and O–H groups in total. The maximum absolute atomic E-state index is 11.9. The van der Waals surface area contributed by atoms with Gasteiger partial charge in [0.2, 0.25) is 17.0 Å². The Labute approximate surface area is 851 Å². The predicted molar refractivity (Wildman–Crippen MR) is 565 cm³/mol. The first-order chi connectivity index (χ1) is 66.8. The van der Waals surface area contributed by atoms with Crippen molar-refractivity contribution in [2.45, 2.75) is 176 Å². The van der Waals surface area contributed by atoms with E-state index in [2.05, 4.69) is 166 Å². The monoisotopic (exact) mass is 2030 g/mol. The minimum Gasteiger partial charge on any atom is -0.466 e. The maximum Gasteiger partial charge on any atom is 0.341 e. The molecule has 0 radical (unpaired) electrons. The van der Waals surface area contributed by atoms with Crippen LogP contribution >= 0.6 is 81.2 Å². The summed E-state index contributed by atoms with van der Waals surface area (Å²) in [5, 5.41) is 16.7. The van der Waals surface area contributed by atoms with Gasteiger partial charge in [-0.15, -0.1) is 16.4 Å². The van der Waals surface area contributed by atoms with E-state index in [9.17, 15) is 38.4 Å². The van der Waals surface area contributed by atoms with Crippen molar-refractivity contribution in [3.05, 3.63) is 218 Å². The molecule has 5 fully saturated rings. The first kappa shape index (κ1) is 123. The minimum atomic E-state index is -0.488. The fourth-order valence-electron chi connectivity index (χ4n) is 13.7. The third-order valence-corrected chi connectivity index (χ3v) is 26.1. The topological polar surface area (TPSA) is 311 Å². The van der Waals surface area contributed by atoms with Gasteiger partial charge in [0.1, 0.15) is 5.78 Å².